The molecule has 106 valence electrons. The molecule has 0 spiro atoms. The minimum Gasteiger partial charge on any atom is -0.345 e. The molecule has 3 heteroatoms. The third kappa shape index (κ3) is 1.91. The summed E-state index contributed by atoms with van der Waals surface area (Å²) in [6.45, 7) is 1.58. The molecular weight excluding hydrogens is 272 g/mol. The number of H-pyrrole nitrogens is 1. The van der Waals surface area contributed by atoms with Crippen molar-refractivity contribution in [2.24, 2.45) is 0 Å². The Hall–Kier alpha value is -2.94. The second-order valence-corrected chi connectivity index (χ2v) is 5.40. The molecule has 3 nitrogen and oxygen atoms in total. The smallest absolute Gasteiger partial charge is 0.162 e. The lowest BCUT2D eigenvalue weighted by molar-refractivity contribution is 0.101. The van der Waals surface area contributed by atoms with Crippen molar-refractivity contribution in [1.82, 2.24) is 9.97 Å². The Kier molecular flexibility index (Phi) is 2.79. The molecule has 0 bridgehead atoms. The van der Waals surface area contributed by atoms with Crippen LogP contribution in [-0.2, 0) is 0 Å². The molecule has 0 saturated carbocycles. The van der Waals surface area contributed by atoms with E-state index in [2.05, 4.69) is 40.3 Å². The van der Waals surface area contributed by atoms with Crippen LogP contribution in [0.3, 0.4) is 0 Å². The molecular formula is C19H14N2O. The van der Waals surface area contributed by atoms with Gasteiger partial charge in [-0.05, 0) is 41.0 Å². The SMILES string of the molecule is CC(=O)c1c[nH]c2nccc(-c3ccc4ccccc4c3)c12. The van der Waals surface area contributed by atoms with Gasteiger partial charge in [0.05, 0.1) is 0 Å². The molecule has 2 aromatic heterocycles. The summed E-state index contributed by atoms with van der Waals surface area (Å²) in [5, 5.41) is 3.28. The van der Waals surface area contributed by atoms with Gasteiger partial charge in [-0.2, -0.15) is 0 Å². The predicted octanol–water partition coefficient (Wildman–Crippen LogP) is 4.59. The zero-order valence-electron chi connectivity index (χ0n) is 12.1. The van der Waals surface area contributed by atoms with Crippen molar-refractivity contribution in [3.05, 3.63) is 66.5 Å². The normalized spacial score (nSPS) is 11.1. The van der Waals surface area contributed by atoms with Crippen molar-refractivity contribution in [3.8, 4) is 11.1 Å². The molecule has 0 fully saturated rings. The van der Waals surface area contributed by atoms with Crippen LogP contribution in [0.15, 0.2) is 60.9 Å². The van der Waals surface area contributed by atoms with Gasteiger partial charge in [-0.25, -0.2) is 4.98 Å². The number of hydrogen-bond donors (Lipinski definition) is 1. The average Bonchev–Trinajstić information content (AvgIpc) is 2.98. The van der Waals surface area contributed by atoms with Crippen molar-refractivity contribution < 1.29 is 4.79 Å². The number of hydrogen-bond acceptors (Lipinski definition) is 2. The van der Waals surface area contributed by atoms with Gasteiger partial charge in [-0.1, -0.05) is 36.4 Å². The van der Waals surface area contributed by atoms with Crippen LogP contribution >= 0.6 is 0 Å². The first-order valence-electron chi connectivity index (χ1n) is 7.20. The Bertz CT molecular complexity index is 1010. The zero-order valence-corrected chi connectivity index (χ0v) is 12.1. The average molecular weight is 286 g/mol. The number of fused-ring (bicyclic) bond motifs is 2. The number of ketones is 1. The fourth-order valence-electron chi connectivity index (χ4n) is 2.93. The standard InChI is InChI=1S/C19H14N2O/c1-12(22)17-11-21-19-18(17)16(8-9-20-19)15-7-6-13-4-2-3-5-14(13)10-15/h2-11H,1H3,(H,20,21). The van der Waals surface area contributed by atoms with Crippen molar-refractivity contribution in [2.45, 2.75) is 6.92 Å². The molecule has 0 aliphatic carbocycles. The minimum atomic E-state index is 0.0429. The Labute approximate surface area is 127 Å². The van der Waals surface area contributed by atoms with Crippen LogP contribution in [0.1, 0.15) is 17.3 Å². The highest BCUT2D eigenvalue weighted by molar-refractivity contribution is 6.11. The summed E-state index contributed by atoms with van der Waals surface area (Å²) < 4.78 is 0. The zero-order chi connectivity index (χ0) is 15.1. The molecule has 1 N–H and O–H groups in total. The Balaban J connectivity index is 2.03. The van der Waals surface area contributed by atoms with E-state index in [1.807, 2.05) is 18.2 Å². The molecule has 0 aliphatic rings. The molecule has 2 heterocycles. The van der Waals surface area contributed by atoms with E-state index < -0.39 is 0 Å². The highest BCUT2D eigenvalue weighted by atomic mass is 16.1. The van der Waals surface area contributed by atoms with Crippen LogP contribution in [0.2, 0.25) is 0 Å². The predicted molar refractivity (Wildman–Crippen MR) is 89.0 cm³/mol. The first-order valence-corrected chi connectivity index (χ1v) is 7.20. The minimum absolute atomic E-state index is 0.0429. The monoisotopic (exact) mass is 286 g/mol. The third-order valence-electron chi connectivity index (χ3n) is 4.01. The highest BCUT2D eigenvalue weighted by Gasteiger charge is 2.14. The number of nitrogens with zero attached hydrogens (tertiary/aromatic N) is 1. The van der Waals surface area contributed by atoms with Gasteiger partial charge in [0, 0.05) is 23.3 Å². The molecule has 0 radical (unpaired) electrons. The van der Waals surface area contributed by atoms with Crippen LogP contribution in [0.5, 0.6) is 0 Å². The van der Waals surface area contributed by atoms with Crippen LogP contribution in [-0.4, -0.2) is 15.8 Å². The lowest BCUT2D eigenvalue weighted by Gasteiger charge is -2.07. The van der Waals surface area contributed by atoms with E-state index in [1.54, 1.807) is 19.3 Å². The summed E-state index contributed by atoms with van der Waals surface area (Å²) in [5.74, 6) is 0.0429. The van der Waals surface area contributed by atoms with Crippen molar-refractivity contribution in [3.63, 3.8) is 0 Å². The lowest BCUT2D eigenvalue weighted by Crippen LogP contribution is -1.91. The van der Waals surface area contributed by atoms with E-state index in [0.717, 1.165) is 22.2 Å². The van der Waals surface area contributed by atoms with Gasteiger partial charge in [-0.15, -0.1) is 0 Å². The molecule has 4 aromatic rings. The van der Waals surface area contributed by atoms with E-state index in [1.165, 1.54) is 10.8 Å². The number of pyridine rings is 1. The molecule has 0 aliphatic heterocycles. The van der Waals surface area contributed by atoms with Gasteiger partial charge in [0.15, 0.2) is 5.78 Å². The van der Waals surface area contributed by atoms with Crippen LogP contribution in [0.4, 0.5) is 0 Å². The fourth-order valence-corrected chi connectivity index (χ4v) is 2.93. The maximum Gasteiger partial charge on any atom is 0.162 e. The highest BCUT2D eigenvalue weighted by Crippen LogP contribution is 2.32. The molecule has 4 rings (SSSR count). The number of aromatic amines is 1. The number of benzene rings is 2. The van der Waals surface area contributed by atoms with Crippen LogP contribution in [0, 0.1) is 0 Å². The van der Waals surface area contributed by atoms with E-state index >= 15 is 0 Å². The van der Waals surface area contributed by atoms with Gasteiger partial charge in [0.1, 0.15) is 5.65 Å². The quantitative estimate of drug-likeness (QED) is 0.548. The van der Waals surface area contributed by atoms with Crippen molar-refractivity contribution in [1.29, 1.82) is 0 Å². The number of nitrogens with one attached hydrogen (secondary N) is 1. The van der Waals surface area contributed by atoms with Gasteiger partial charge in [0.25, 0.3) is 0 Å². The Morgan fingerprint density at radius 1 is 1.05 bits per heavy atom. The van der Waals surface area contributed by atoms with Gasteiger partial charge in [-0.3, -0.25) is 4.79 Å². The van der Waals surface area contributed by atoms with Gasteiger partial charge >= 0.3 is 0 Å². The van der Waals surface area contributed by atoms with Crippen LogP contribution < -0.4 is 0 Å². The second-order valence-electron chi connectivity index (χ2n) is 5.40. The molecule has 0 saturated heterocycles. The summed E-state index contributed by atoms with van der Waals surface area (Å²) in [6.07, 6.45) is 3.51. The number of aromatic nitrogens is 2. The van der Waals surface area contributed by atoms with Crippen molar-refractivity contribution in [2.75, 3.05) is 0 Å². The van der Waals surface area contributed by atoms with Gasteiger partial charge in [0.2, 0.25) is 0 Å². The fraction of sp³-hybridized carbons (Fsp3) is 0.0526. The van der Waals surface area contributed by atoms with E-state index in [0.29, 0.717) is 5.56 Å². The Morgan fingerprint density at radius 2 is 1.86 bits per heavy atom. The molecule has 0 unspecified atom stereocenters. The summed E-state index contributed by atoms with van der Waals surface area (Å²) in [6, 6.07) is 16.6. The summed E-state index contributed by atoms with van der Waals surface area (Å²) in [5.41, 5.74) is 3.55. The van der Waals surface area contributed by atoms with Crippen LogP contribution in [0.25, 0.3) is 32.9 Å². The first-order chi connectivity index (χ1) is 10.7. The van der Waals surface area contributed by atoms with E-state index in [4.69, 9.17) is 0 Å². The summed E-state index contributed by atoms with van der Waals surface area (Å²) >= 11 is 0. The topological polar surface area (TPSA) is 45.8 Å². The lowest BCUT2D eigenvalue weighted by atomic mass is 9.97. The number of carbonyl (C=O) groups excluding carboxylic acids is 1. The van der Waals surface area contributed by atoms with E-state index in [-0.39, 0.29) is 5.78 Å². The first kappa shape index (κ1) is 12.8. The number of Topliss-reactive ketones (excluding diaryl/α,β-unsaturated/α-hetero) is 1. The third-order valence-corrected chi connectivity index (χ3v) is 4.01. The second kappa shape index (κ2) is 4.81. The molecule has 0 atom stereocenters. The van der Waals surface area contributed by atoms with Gasteiger partial charge < -0.3 is 4.98 Å². The molecule has 0 amide bonds. The summed E-state index contributed by atoms with van der Waals surface area (Å²) in [4.78, 5) is 19.3. The van der Waals surface area contributed by atoms with E-state index in [9.17, 15) is 4.79 Å². The maximum atomic E-state index is 11.9. The van der Waals surface area contributed by atoms with Crippen molar-refractivity contribution >= 4 is 27.6 Å². The maximum absolute atomic E-state index is 11.9. The Morgan fingerprint density at radius 3 is 2.68 bits per heavy atom. The molecule has 22 heavy (non-hydrogen) atoms. The summed E-state index contributed by atoms with van der Waals surface area (Å²) in [7, 11) is 0. The largest absolute Gasteiger partial charge is 0.345 e. The molecule has 2 aromatic carbocycles. The number of rotatable bonds is 2. The number of carbonyl (C=O) groups is 1.